The Morgan fingerprint density at radius 3 is 2.36 bits per heavy atom. The molecule has 0 saturated carbocycles. The van der Waals surface area contributed by atoms with Gasteiger partial charge in [0, 0.05) is 22.0 Å². The Morgan fingerprint density at radius 1 is 0.897 bits per heavy atom. The molecule has 1 heterocycles. The normalized spacial score (nSPS) is 10.9. The maximum Gasteiger partial charge on any atom is 0.250 e. The Morgan fingerprint density at radius 2 is 1.62 bits per heavy atom. The van der Waals surface area contributed by atoms with Crippen molar-refractivity contribution in [3.05, 3.63) is 125 Å². The third kappa shape index (κ3) is 6.93. The molecule has 39 heavy (non-hydrogen) atoms. The number of thiazole rings is 1. The van der Waals surface area contributed by atoms with Crippen molar-refractivity contribution >= 4 is 40.1 Å². The summed E-state index contributed by atoms with van der Waals surface area (Å²) in [6.45, 7) is 0.387. The summed E-state index contributed by atoms with van der Waals surface area (Å²) in [7, 11) is 1.58. The van der Waals surface area contributed by atoms with Crippen molar-refractivity contribution in [1.29, 1.82) is 0 Å². The van der Waals surface area contributed by atoms with Crippen LogP contribution >= 0.6 is 22.9 Å². The summed E-state index contributed by atoms with van der Waals surface area (Å²) >= 11 is 7.33. The molecule has 1 amide bonds. The van der Waals surface area contributed by atoms with E-state index in [1.54, 1.807) is 13.2 Å². The SMILES string of the molecule is COc1cc(C=CC(=O)Nc2nc(-c3ccc(-c4ccccc4)cc3)cs2)ccc1OCc1ccc(Cl)cc1. The first-order valence-corrected chi connectivity index (χ1v) is 13.5. The summed E-state index contributed by atoms with van der Waals surface area (Å²) in [5, 5.41) is 5.99. The van der Waals surface area contributed by atoms with E-state index >= 15 is 0 Å². The van der Waals surface area contributed by atoms with Crippen molar-refractivity contribution < 1.29 is 14.3 Å². The number of amides is 1. The van der Waals surface area contributed by atoms with Gasteiger partial charge in [-0.1, -0.05) is 84.4 Å². The van der Waals surface area contributed by atoms with E-state index in [1.807, 2.05) is 78.2 Å². The average Bonchev–Trinajstić information content (AvgIpc) is 3.45. The van der Waals surface area contributed by atoms with Crippen LogP contribution in [0.4, 0.5) is 5.13 Å². The van der Waals surface area contributed by atoms with Gasteiger partial charge in [-0.25, -0.2) is 4.98 Å². The highest BCUT2D eigenvalue weighted by Gasteiger charge is 2.09. The standard InChI is InChI=1S/C32H25ClN2O3S/c1-37-30-19-22(9-17-29(30)38-20-23-7-15-27(33)16-8-23)10-18-31(36)35-32-34-28(21-39-32)26-13-11-25(12-14-26)24-5-3-2-4-6-24/h2-19,21H,20H2,1H3,(H,34,35,36). The van der Waals surface area contributed by atoms with Crippen LogP contribution in [0.1, 0.15) is 11.1 Å². The lowest BCUT2D eigenvalue weighted by atomic mass is 10.0. The lowest BCUT2D eigenvalue weighted by Crippen LogP contribution is -2.07. The fourth-order valence-corrected chi connectivity index (χ4v) is 4.74. The smallest absolute Gasteiger partial charge is 0.250 e. The van der Waals surface area contributed by atoms with Crippen LogP contribution in [0.5, 0.6) is 11.5 Å². The molecule has 194 valence electrons. The van der Waals surface area contributed by atoms with Gasteiger partial charge in [0.1, 0.15) is 6.61 Å². The number of halogens is 1. The van der Waals surface area contributed by atoms with Crippen LogP contribution in [-0.4, -0.2) is 18.0 Å². The number of anilines is 1. The molecule has 0 aliphatic carbocycles. The number of hydrogen-bond acceptors (Lipinski definition) is 5. The lowest BCUT2D eigenvalue weighted by molar-refractivity contribution is -0.111. The molecule has 7 heteroatoms. The van der Waals surface area contributed by atoms with Gasteiger partial charge in [-0.2, -0.15) is 0 Å². The molecule has 4 aromatic carbocycles. The zero-order valence-electron chi connectivity index (χ0n) is 21.1. The predicted octanol–water partition coefficient (Wildman–Crippen LogP) is 8.37. The van der Waals surface area contributed by atoms with Crippen LogP contribution in [0, 0.1) is 0 Å². The molecule has 5 rings (SSSR count). The van der Waals surface area contributed by atoms with Crippen molar-refractivity contribution in [2.24, 2.45) is 0 Å². The Kier molecular flexibility index (Phi) is 8.36. The molecular weight excluding hydrogens is 528 g/mol. The largest absolute Gasteiger partial charge is 0.493 e. The van der Waals surface area contributed by atoms with Gasteiger partial charge in [0.25, 0.3) is 0 Å². The molecular formula is C32H25ClN2O3S. The fourth-order valence-electron chi connectivity index (χ4n) is 3.90. The summed E-state index contributed by atoms with van der Waals surface area (Å²) in [6.07, 6.45) is 3.19. The molecule has 5 aromatic rings. The molecule has 0 radical (unpaired) electrons. The van der Waals surface area contributed by atoms with E-state index in [-0.39, 0.29) is 5.91 Å². The minimum atomic E-state index is -0.266. The number of rotatable bonds is 9. The van der Waals surface area contributed by atoms with E-state index in [2.05, 4.69) is 34.6 Å². The van der Waals surface area contributed by atoms with Gasteiger partial charge in [0.15, 0.2) is 16.6 Å². The lowest BCUT2D eigenvalue weighted by Gasteiger charge is -2.11. The molecule has 0 atom stereocenters. The van der Waals surface area contributed by atoms with E-state index in [0.29, 0.717) is 28.3 Å². The number of nitrogens with zero attached hydrogens (tertiary/aromatic N) is 1. The summed E-state index contributed by atoms with van der Waals surface area (Å²) in [6, 6.07) is 31.4. The first-order chi connectivity index (χ1) is 19.1. The Bertz CT molecular complexity index is 1580. The zero-order chi connectivity index (χ0) is 27.0. The molecule has 1 aromatic heterocycles. The quantitative estimate of drug-likeness (QED) is 0.187. The first kappa shape index (κ1) is 26.2. The third-order valence-electron chi connectivity index (χ3n) is 5.94. The number of aromatic nitrogens is 1. The first-order valence-electron chi connectivity index (χ1n) is 12.2. The van der Waals surface area contributed by atoms with Gasteiger partial charge < -0.3 is 9.47 Å². The molecule has 5 nitrogen and oxygen atoms in total. The highest BCUT2D eigenvalue weighted by Crippen LogP contribution is 2.30. The molecule has 0 aliphatic heterocycles. The zero-order valence-corrected chi connectivity index (χ0v) is 22.7. The predicted molar refractivity (Wildman–Crippen MR) is 159 cm³/mol. The van der Waals surface area contributed by atoms with E-state index in [1.165, 1.54) is 23.0 Å². The highest BCUT2D eigenvalue weighted by molar-refractivity contribution is 7.14. The molecule has 0 fully saturated rings. The van der Waals surface area contributed by atoms with Crippen molar-refractivity contribution in [1.82, 2.24) is 4.98 Å². The minimum Gasteiger partial charge on any atom is -0.493 e. The highest BCUT2D eigenvalue weighted by atomic mass is 35.5. The van der Waals surface area contributed by atoms with Crippen LogP contribution in [0.2, 0.25) is 5.02 Å². The van der Waals surface area contributed by atoms with Crippen LogP contribution in [0.25, 0.3) is 28.5 Å². The minimum absolute atomic E-state index is 0.266. The Labute approximate surface area is 236 Å². The molecule has 0 saturated heterocycles. The van der Waals surface area contributed by atoms with Crippen LogP contribution < -0.4 is 14.8 Å². The van der Waals surface area contributed by atoms with Gasteiger partial charge in [-0.3, -0.25) is 10.1 Å². The van der Waals surface area contributed by atoms with E-state index < -0.39 is 0 Å². The van der Waals surface area contributed by atoms with E-state index in [9.17, 15) is 4.79 Å². The second-order valence-corrected chi connectivity index (χ2v) is 9.92. The van der Waals surface area contributed by atoms with Gasteiger partial charge in [-0.15, -0.1) is 11.3 Å². The Hall–Kier alpha value is -4.39. The van der Waals surface area contributed by atoms with Crippen LogP contribution in [0.15, 0.2) is 109 Å². The molecule has 1 N–H and O–H groups in total. The average molecular weight is 553 g/mol. The van der Waals surface area contributed by atoms with Crippen molar-refractivity contribution in [3.8, 4) is 33.9 Å². The maximum atomic E-state index is 12.5. The summed E-state index contributed by atoms with van der Waals surface area (Å²) in [5.41, 5.74) is 5.92. The second kappa shape index (κ2) is 12.4. The van der Waals surface area contributed by atoms with Crippen molar-refractivity contribution in [2.45, 2.75) is 6.61 Å². The molecule has 0 spiro atoms. The van der Waals surface area contributed by atoms with Gasteiger partial charge in [0.05, 0.1) is 12.8 Å². The van der Waals surface area contributed by atoms with Gasteiger partial charge >= 0.3 is 0 Å². The van der Waals surface area contributed by atoms with E-state index in [4.69, 9.17) is 21.1 Å². The number of hydrogen-bond donors (Lipinski definition) is 1. The summed E-state index contributed by atoms with van der Waals surface area (Å²) in [5.74, 6) is 0.924. The number of methoxy groups -OCH3 is 1. The number of nitrogens with one attached hydrogen (secondary N) is 1. The molecule has 0 unspecified atom stereocenters. The summed E-state index contributed by atoms with van der Waals surface area (Å²) < 4.78 is 11.4. The van der Waals surface area contributed by atoms with Gasteiger partial charge in [0.2, 0.25) is 5.91 Å². The summed E-state index contributed by atoms with van der Waals surface area (Å²) in [4.78, 5) is 17.1. The number of benzene rings is 4. The van der Waals surface area contributed by atoms with Crippen LogP contribution in [-0.2, 0) is 11.4 Å². The third-order valence-corrected chi connectivity index (χ3v) is 6.95. The van der Waals surface area contributed by atoms with Gasteiger partial charge in [-0.05, 0) is 52.6 Å². The second-order valence-electron chi connectivity index (χ2n) is 8.63. The fraction of sp³-hybridized carbons (Fsp3) is 0.0625. The number of carbonyl (C=O) groups excluding carboxylic acids is 1. The maximum absolute atomic E-state index is 12.5. The Balaban J connectivity index is 1.18. The topological polar surface area (TPSA) is 60.5 Å². The van der Waals surface area contributed by atoms with Crippen LogP contribution in [0.3, 0.4) is 0 Å². The molecule has 0 bridgehead atoms. The number of carbonyl (C=O) groups is 1. The monoisotopic (exact) mass is 552 g/mol. The van der Waals surface area contributed by atoms with Crippen molar-refractivity contribution in [3.63, 3.8) is 0 Å². The van der Waals surface area contributed by atoms with Crippen molar-refractivity contribution in [2.75, 3.05) is 12.4 Å². The molecule has 0 aliphatic rings. The van der Waals surface area contributed by atoms with E-state index in [0.717, 1.165) is 27.9 Å². The number of ether oxygens (including phenoxy) is 2.